The maximum atomic E-state index is 11.4. The molecule has 0 aromatic carbocycles. The summed E-state index contributed by atoms with van der Waals surface area (Å²) in [6.45, 7) is 3.68. The second-order valence-electron chi connectivity index (χ2n) is 4.84. The number of nitriles is 1. The maximum absolute atomic E-state index is 11.4. The quantitative estimate of drug-likeness (QED) is 0.701. The second kappa shape index (κ2) is 7.07. The second-order valence-corrected chi connectivity index (χ2v) is 6.82. The van der Waals surface area contributed by atoms with Gasteiger partial charge < -0.3 is 5.32 Å². The van der Waals surface area contributed by atoms with E-state index >= 15 is 0 Å². The highest BCUT2D eigenvalue weighted by Crippen LogP contribution is 2.24. The molecule has 0 aromatic rings. The molecule has 1 rings (SSSR count). The highest BCUT2D eigenvalue weighted by molar-refractivity contribution is 7.88. The van der Waals surface area contributed by atoms with E-state index in [0.29, 0.717) is 19.1 Å². The molecule has 1 saturated carbocycles. The first kappa shape index (κ1) is 15.4. The molecule has 5 nitrogen and oxygen atoms in total. The van der Waals surface area contributed by atoms with Crippen LogP contribution in [0.2, 0.25) is 0 Å². The smallest absolute Gasteiger partial charge is 0.211 e. The zero-order valence-corrected chi connectivity index (χ0v) is 12.0. The van der Waals surface area contributed by atoms with Gasteiger partial charge in [-0.15, -0.1) is 0 Å². The Morgan fingerprint density at radius 2 is 2.17 bits per heavy atom. The first-order chi connectivity index (χ1) is 8.49. The molecule has 2 unspecified atom stereocenters. The Bertz CT molecular complexity index is 389. The molecule has 0 aliphatic heterocycles. The first-order valence-corrected chi connectivity index (χ1v) is 8.42. The SMILES string of the molecule is CCN(CCCNC1CCCC1C#N)S(C)(=O)=O. The fourth-order valence-corrected chi connectivity index (χ4v) is 3.39. The number of rotatable bonds is 7. The molecule has 6 heteroatoms. The zero-order chi connectivity index (χ0) is 13.6. The Hall–Kier alpha value is -0.640. The molecule has 1 aliphatic carbocycles. The summed E-state index contributed by atoms with van der Waals surface area (Å²) < 4.78 is 24.2. The van der Waals surface area contributed by atoms with Crippen LogP contribution in [0.5, 0.6) is 0 Å². The fraction of sp³-hybridized carbons (Fsp3) is 0.917. The summed E-state index contributed by atoms with van der Waals surface area (Å²) in [5.41, 5.74) is 0. The average Bonchev–Trinajstić information content (AvgIpc) is 2.74. The van der Waals surface area contributed by atoms with Gasteiger partial charge in [0.2, 0.25) is 10.0 Å². The summed E-state index contributed by atoms with van der Waals surface area (Å²) in [4.78, 5) is 0. The molecule has 0 spiro atoms. The molecule has 1 N–H and O–H groups in total. The largest absolute Gasteiger partial charge is 0.313 e. The minimum absolute atomic E-state index is 0.127. The number of nitrogens with zero attached hydrogens (tertiary/aromatic N) is 2. The van der Waals surface area contributed by atoms with E-state index < -0.39 is 10.0 Å². The lowest BCUT2D eigenvalue weighted by Crippen LogP contribution is -2.36. The van der Waals surface area contributed by atoms with Crippen LogP contribution in [0.1, 0.15) is 32.6 Å². The van der Waals surface area contributed by atoms with Crippen LogP contribution in [-0.4, -0.2) is 44.7 Å². The molecule has 0 aromatic heterocycles. The van der Waals surface area contributed by atoms with Crippen molar-refractivity contribution in [2.75, 3.05) is 25.9 Å². The van der Waals surface area contributed by atoms with Crippen molar-refractivity contribution in [2.24, 2.45) is 5.92 Å². The standard InChI is InChI=1S/C12H23N3O2S/c1-3-15(18(2,16)17)9-5-8-14-12-7-4-6-11(12)10-13/h11-12,14H,3-9H2,1-2H3. The summed E-state index contributed by atoms with van der Waals surface area (Å²) in [6.07, 6.45) is 5.18. The van der Waals surface area contributed by atoms with Crippen LogP contribution in [-0.2, 0) is 10.0 Å². The van der Waals surface area contributed by atoms with Gasteiger partial charge in [0.1, 0.15) is 0 Å². The van der Waals surface area contributed by atoms with E-state index in [2.05, 4.69) is 11.4 Å². The topological polar surface area (TPSA) is 73.2 Å². The van der Waals surface area contributed by atoms with E-state index in [0.717, 1.165) is 32.2 Å². The number of hydrogen-bond acceptors (Lipinski definition) is 4. The minimum Gasteiger partial charge on any atom is -0.313 e. The summed E-state index contributed by atoms with van der Waals surface area (Å²) in [5, 5.41) is 12.3. The van der Waals surface area contributed by atoms with E-state index in [4.69, 9.17) is 5.26 Å². The predicted molar refractivity (Wildman–Crippen MR) is 71.5 cm³/mol. The lowest BCUT2D eigenvalue weighted by molar-refractivity contribution is 0.400. The van der Waals surface area contributed by atoms with Crippen molar-refractivity contribution >= 4 is 10.0 Å². The predicted octanol–water partition coefficient (Wildman–Crippen LogP) is 0.940. The third kappa shape index (κ3) is 4.56. The molecular formula is C12H23N3O2S. The van der Waals surface area contributed by atoms with Gasteiger partial charge in [-0.2, -0.15) is 5.26 Å². The number of nitrogens with one attached hydrogen (secondary N) is 1. The van der Waals surface area contributed by atoms with Crippen molar-refractivity contribution < 1.29 is 8.42 Å². The van der Waals surface area contributed by atoms with Gasteiger partial charge >= 0.3 is 0 Å². The highest BCUT2D eigenvalue weighted by atomic mass is 32.2. The van der Waals surface area contributed by atoms with Crippen LogP contribution in [0.4, 0.5) is 0 Å². The van der Waals surface area contributed by atoms with Crippen LogP contribution >= 0.6 is 0 Å². The summed E-state index contributed by atoms with van der Waals surface area (Å²) in [7, 11) is -3.08. The zero-order valence-electron chi connectivity index (χ0n) is 11.2. The van der Waals surface area contributed by atoms with Crippen LogP contribution in [0, 0.1) is 17.2 Å². The summed E-state index contributed by atoms with van der Waals surface area (Å²) >= 11 is 0. The Morgan fingerprint density at radius 1 is 1.44 bits per heavy atom. The Kier molecular flexibility index (Phi) is 6.06. The molecule has 104 valence electrons. The van der Waals surface area contributed by atoms with Gasteiger partial charge in [-0.1, -0.05) is 13.3 Å². The van der Waals surface area contributed by atoms with E-state index in [1.165, 1.54) is 10.6 Å². The average molecular weight is 273 g/mol. The Morgan fingerprint density at radius 3 is 2.72 bits per heavy atom. The van der Waals surface area contributed by atoms with Gasteiger partial charge in [0.25, 0.3) is 0 Å². The first-order valence-electron chi connectivity index (χ1n) is 6.57. The minimum atomic E-state index is -3.08. The van der Waals surface area contributed by atoms with Crippen molar-refractivity contribution in [1.82, 2.24) is 9.62 Å². The summed E-state index contributed by atoms with van der Waals surface area (Å²) in [6, 6.07) is 2.63. The van der Waals surface area contributed by atoms with Crippen LogP contribution in [0.25, 0.3) is 0 Å². The van der Waals surface area contributed by atoms with Crippen molar-refractivity contribution in [1.29, 1.82) is 5.26 Å². The molecule has 0 amide bonds. The molecule has 0 bridgehead atoms. The maximum Gasteiger partial charge on any atom is 0.211 e. The molecule has 0 radical (unpaired) electrons. The molecule has 18 heavy (non-hydrogen) atoms. The lowest BCUT2D eigenvalue weighted by atomic mass is 10.1. The Balaban J connectivity index is 2.24. The van der Waals surface area contributed by atoms with Gasteiger partial charge in [0.15, 0.2) is 0 Å². The van der Waals surface area contributed by atoms with Gasteiger partial charge in [0, 0.05) is 19.1 Å². The van der Waals surface area contributed by atoms with Gasteiger partial charge in [-0.25, -0.2) is 12.7 Å². The molecule has 2 atom stereocenters. The molecule has 0 saturated heterocycles. The van der Waals surface area contributed by atoms with Crippen molar-refractivity contribution in [3.05, 3.63) is 0 Å². The lowest BCUT2D eigenvalue weighted by Gasteiger charge is -2.19. The van der Waals surface area contributed by atoms with E-state index in [1.807, 2.05) is 6.92 Å². The normalized spacial score (nSPS) is 24.3. The van der Waals surface area contributed by atoms with Crippen molar-refractivity contribution in [3.63, 3.8) is 0 Å². The molecule has 1 fully saturated rings. The van der Waals surface area contributed by atoms with E-state index in [9.17, 15) is 8.42 Å². The van der Waals surface area contributed by atoms with Crippen molar-refractivity contribution in [2.45, 2.75) is 38.6 Å². The van der Waals surface area contributed by atoms with E-state index in [1.54, 1.807) is 0 Å². The van der Waals surface area contributed by atoms with Gasteiger partial charge in [0.05, 0.1) is 18.2 Å². The number of hydrogen-bond donors (Lipinski definition) is 1. The molecule has 0 heterocycles. The molecule has 1 aliphatic rings. The molecular weight excluding hydrogens is 250 g/mol. The third-order valence-corrected chi connectivity index (χ3v) is 4.87. The Labute approximate surface area is 110 Å². The monoisotopic (exact) mass is 273 g/mol. The van der Waals surface area contributed by atoms with E-state index in [-0.39, 0.29) is 5.92 Å². The van der Waals surface area contributed by atoms with Crippen LogP contribution in [0.15, 0.2) is 0 Å². The van der Waals surface area contributed by atoms with Crippen LogP contribution in [0.3, 0.4) is 0 Å². The summed E-state index contributed by atoms with van der Waals surface area (Å²) in [5.74, 6) is 0.127. The highest BCUT2D eigenvalue weighted by Gasteiger charge is 2.26. The third-order valence-electron chi connectivity index (χ3n) is 3.49. The van der Waals surface area contributed by atoms with Gasteiger partial charge in [-0.3, -0.25) is 0 Å². The van der Waals surface area contributed by atoms with Crippen molar-refractivity contribution in [3.8, 4) is 6.07 Å². The van der Waals surface area contributed by atoms with Gasteiger partial charge in [-0.05, 0) is 25.8 Å². The fourth-order valence-electron chi connectivity index (χ4n) is 2.46. The number of sulfonamides is 1. The van der Waals surface area contributed by atoms with Crippen LogP contribution < -0.4 is 5.32 Å².